The smallest absolute Gasteiger partial charge is 0.227 e. The Labute approximate surface area is 122 Å². The van der Waals surface area contributed by atoms with E-state index < -0.39 is 0 Å². The molecule has 4 heteroatoms. The molecule has 0 saturated heterocycles. The molecule has 0 spiro atoms. The van der Waals surface area contributed by atoms with Crippen molar-refractivity contribution in [1.29, 1.82) is 0 Å². The van der Waals surface area contributed by atoms with Crippen LogP contribution in [0.25, 0.3) is 10.8 Å². The van der Waals surface area contributed by atoms with Crippen LogP contribution in [0.1, 0.15) is 5.56 Å². The summed E-state index contributed by atoms with van der Waals surface area (Å²) in [6.45, 7) is 0.453. The largest absolute Gasteiger partial charge is 0.438 e. The summed E-state index contributed by atoms with van der Waals surface area (Å²) in [6, 6.07) is 15.1. The fourth-order valence-electron chi connectivity index (χ4n) is 2.08. The van der Waals surface area contributed by atoms with Gasteiger partial charge in [-0.25, -0.2) is 4.98 Å². The van der Waals surface area contributed by atoms with Crippen LogP contribution in [-0.4, -0.2) is 4.98 Å². The molecule has 0 aliphatic carbocycles. The van der Waals surface area contributed by atoms with Crippen molar-refractivity contribution in [3.05, 3.63) is 65.3 Å². The first-order valence-electron chi connectivity index (χ1n) is 6.28. The molecule has 0 atom stereocenters. The lowest BCUT2D eigenvalue weighted by atomic mass is 10.1. The first-order valence-corrected chi connectivity index (χ1v) is 6.66. The van der Waals surface area contributed by atoms with Crippen molar-refractivity contribution < 1.29 is 4.74 Å². The number of hydrogen-bond donors (Lipinski definition) is 1. The number of ether oxygens (including phenoxy) is 1. The lowest BCUT2D eigenvalue weighted by Gasteiger charge is -2.10. The number of nitrogens with two attached hydrogens (primary N) is 1. The van der Waals surface area contributed by atoms with Crippen molar-refractivity contribution in [3.63, 3.8) is 0 Å². The molecule has 3 rings (SSSR count). The Morgan fingerprint density at radius 3 is 2.40 bits per heavy atom. The minimum atomic E-state index is 0.453. The number of nitrogens with zero attached hydrogens (tertiary/aromatic N) is 1. The Morgan fingerprint density at radius 2 is 1.70 bits per heavy atom. The van der Waals surface area contributed by atoms with Gasteiger partial charge < -0.3 is 10.5 Å². The third kappa shape index (κ3) is 2.46. The zero-order chi connectivity index (χ0) is 13.9. The van der Waals surface area contributed by atoms with Crippen LogP contribution in [0, 0.1) is 0 Å². The van der Waals surface area contributed by atoms with E-state index in [4.69, 9.17) is 22.1 Å². The molecule has 0 aliphatic rings. The third-order valence-electron chi connectivity index (χ3n) is 3.09. The molecule has 0 unspecified atom stereocenters. The average molecular weight is 285 g/mol. The molecule has 2 aromatic carbocycles. The van der Waals surface area contributed by atoms with E-state index in [1.807, 2.05) is 36.4 Å². The van der Waals surface area contributed by atoms with E-state index in [0.717, 1.165) is 16.3 Å². The Morgan fingerprint density at radius 1 is 1.00 bits per heavy atom. The Hall–Kier alpha value is -2.10. The van der Waals surface area contributed by atoms with Gasteiger partial charge in [-0.3, -0.25) is 0 Å². The van der Waals surface area contributed by atoms with E-state index in [0.29, 0.717) is 23.2 Å². The van der Waals surface area contributed by atoms with Crippen molar-refractivity contribution in [2.24, 2.45) is 5.73 Å². The van der Waals surface area contributed by atoms with E-state index in [1.54, 1.807) is 18.3 Å². The molecule has 0 bridgehead atoms. The fraction of sp³-hybridized carbons (Fsp3) is 0.0625. The normalized spacial score (nSPS) is 10.7. The minimum Gasteiger partial charge on any atom is -0.438 e. The number of benzene rings is 2. The number of pyridine rings is 1. The summed E-state index contributed by atoms with van der Waals surface area (Å²) in [7, 11) is 0. The van der Waals surface area contributed by atoms with Crippen LogP contribution in [0.3, 0.4) is 0 Å². The predicted molar refractivity (Wildman–Crippen MR) is 81.2 cm³/mol. The highest BCUT2D eigenvalue weighted by Gasteiger charge is 2.08. The Bertz CT molecular complexity index is 741. The fourth-order valence-corrected chi connectivity index (χ4v) is 2.21. The van der Waals surface area contributed by atoms with Gasteiger partial charge in [0.15, 0.2) is 0 Å². The SMILES string of the molecule is NCc1cnc(Oc2ccc(Cl)cc2)c2ccccc12. The molecule has 0 amide bonds. The summed E-state index contributed by atoms with van der Waals surface area (Å²) in [5.41, 5.74) is 6.74. The molecule has 3 nitrogen and oxygen atoms in total. The van der Waals surface area contributed by atoms with Crippen LogP contribution in [0.4, 0.5) is 0 Å². The molecule has 20 heavy (non-hydrogen) atoms. The van der Waals surface area contributed by atoms with Gasteiger partial charge in [0.2, 0.25) is 5.88 Å². The molecule has 100 valence electrons. The Balaban J connectivity index is 2.06. The predicted octanol–water partition coefficient (Wildman–Crippen LogP) is 4.14. The van der Waals surface area contributed by atoms with Crippen LogP contribution >= 0.6 is 11.6 Å². The van der Waals surface area contributed by atoms with E-state index >= 15 is 0 Å². The van der Waals surface area contributed by atoms with Gasteiger partial charge in [0.25, 0.3) is 0 Å². The molecule has 0 aliphatic heterocycles. The van der Waals surface area contributed by atoms with E-state index in [9.17, 15) is 0 Å². The number of aromatic nitrogens is 1. The zero-order valence-corrected chi connectivity index (χ0v) is 11.5. The summed E-state index contributed by atoms with van der Waals surface area (Å²) >= 11 is 5.86. The molecule has 0 saturated carbocycles. The highest BCUT2D eigenvalue weighted by atomic mass is 35.5. The molecule has 1 aromatic heterocycles. The maximum atomic E-state index is 5.86. The minimum absolute atomic E-state index is 0.453. The summed E-state index contributed by atoms with van der Waals surface area (Å²) in [4.78, 5) is 4.36. The molecule has 0 fully saturated rings. The van der Waals surface area contributed by atoms with Gasteiger partial charge in [-0.05, 0) is 41.3 Å². The lowest BCUT2D eigenvalue weighted by Crippen LogP contribution is -1.99. The molecule has 1 heterocycles. The number of hydrogen-bond acceptors (Lipinski definition) is 3. The summed E-state index contributed by atoms with van der Waals surface area (Å²) in [6.07, 6.45) is 1.76. The van der Waals surface area contributed by atoms with Gasteiger partial charge in [0.05, 0.1) is 0 Å². The first kappa shape index (κ1) is 12.9. The maximum Gasteiger partial charge on any atom is 0.227 e. The second-order valence-electron chi connectivity index (χ2n) is 4.39. The van der Waals surface area contributed by atoms with E-state index in [2.05, 4.69) is 4.98 Å². The van der Waals surface area contributed by atoms with Gasteiger partial charge >= 0.3 is 0 Å². The van der Waals surface area contributed by atoms with E-state index in [-0.39, 0.29) is 0 Å². The second kappa shape index (κ2) is 5.49. The zero-order valence-electron chi connectivity index (χ0n) is 10.7. The second-order valence-corrected chi connectivity index (χ2v) is 4.83. The molecular formula is C16H13ClN2O. The number of rotatable bonds is 3. The lowest BCUT2D eigenvalue weighted by molar-refractivity contribution is 0.469. The van der Waals surface area contributed by atoms with E-state index in [1.165, 1.54) is 0 Å². The Kier molecular flexibility index (Phi) is 3.54. The van der Waals surface area contributed by atoms with Gasteiger partial charge in [0.1, 0.15) is 5.75 Å². The van der Waals surface area contributed by atoms with Gasteiger partial charge in [-0.15, -0.1) is 0 Å². The van der Waals surface area contributed by atoms with Crippen LogP contribution in [0.15, 0.2) is 54.7 Å². The quantitative estimate of drug-likeness (QED) is 0.786. The van der Waals surface area contributed by atoms with Crippen molar-refractivity contribution in [2.75, 3.05) is 0 Å². The third-order valence-corrected chi connectivity index (χ3v) is 3.34. The number of fused-ring (bicyclic) bond motifs is 1. The highest BCUT2D eigenvalue weighted by molar-refractivity contribution is 6.30. The summed E-state index contributed by atoms with van der Waals surface area (Å²) in [5, 5.41) is 2.69. The molecule has 0 radical (unpaired) electrons. The van der Waals surface area contributed by atoms with Gasteiger partial charge in [-0.1, -0.05) is 29.8 Å². The van der Waals surface area contributed by atoms with Crippen LogP contribution in [0.2, 0.25) is 5.02 Å². The van der Waals surface area contributed by atoms with Crippen LogP contribution in [-0.2, 0) is 6.54 Å². The van der Waals surface area contributed by atoms with Crippen molar-refractivity contribution in [2.45, 2.75) is 6.54 Å². The van der Waals surface area contributed by atoms with Crippen molar-refractivity contribution in [1.82, 2.24) is 4.98 Å². The van der Waals surface area contributed by atoms with Crippen LogP contribution in [0.5, 0.6) is 11.6 Å². The van der Waals surface area contributed by atoms with Crippen LogP contribution < -0.4 is 10.5 Å². The monoisotopic (exact) mass is 284 g/mol. The van der Waals surface area contributed by atoms with Crippen molar-refractivity contribution in [3.8, 4) is 11.6 Å². The summed E-state index contributed by atoms with van der Waals surface area (Å²) < 4.78 is 5.84. The molecule has 3 aromatic rings. The number of halogens is 1. The average Bonchev–Trinajstić information content (AvgIpc) is 2.50. The maximum absolute atomic E-state index is 5.86. The van der Waals surface area contributed by atoms with Gasteiger partial charge in [0, 0.05) is 23.2 Å². The van der Waals surface area contributed by atoms with Gasteiger partial charge in [-0.2, -0.15) is 0 Å². The molecule has 2 N–H and O–H groups in total. The topological polar surface area (TPSA) is 48.1 Å². The van der Waals surface area contributed by atoms with Crippen molar-refractivity contribution >= 4 is 22.4 Å². The summed E-state index contributed by atoms with van der Waals surface area (Å²) in [5.74, 6) is 1.27. The standard InChI is InChI=1S/C16H13ClN2O/c17-12-5-7-13(8-6-12)20-16-15-4-2-1-3-14(15)11(9-18)10-19-16/h1-8,10H,9,18H2. The first-order chi connectivity index (χ1) is 9.78. The highest BCUT2D eigenvalue weighted by Crippen LogP contribution is 2.30. The molecular weight excluding hydrogens is 272 g/mol.